The van der Waals surface area contributed by atoms with Gasteiger partial charge in [0.2, 0.25) is 5.54 Å². The third kappa shape index (κ3) is 3.13. The molecule has 1 amide bonds. The minimum absolute atomic E-state index is 0.0639. The number of rotatable bonds is 5. The molecular weight excluding hydrogens is 402 g/mol. The van der Waals surface area contributed by atoms with E-state index < -0.39 is 40.1 Å². The smallest absolute Gasteiger partial charge is 0.283 e. The number of non-ortho nitro benzene ring substituents is 1. The van der Waals surface area contributed by atoms with Crippen LogP contribution in [0.5, 0.6) is 0 Å². The fourth-order valence-corrected chi connectivity index (χ4v) is 3.99. The van der Waals surface area contributed by atoms with Gasteiger partial charge in [-0.2, -0.15) is 17.6 Å². The second-order valence-corrected chi connectivity index (χ2v) is 7.44. The van der Waals surface area contributed by atoms with Crippen LogP contribution in [0.3, 0.4) is 0 Å². The number of aliphatic imine (C=N–C) groups is 3. The number of amidine groups is 1. The van der Waals surface area contributed by atoms with Crippen LogP contribution in [0.4, 0.5) is 5.69 Å². The molecule has 0 aromatic heterocycles. The van der Waals surface area contributed by atoms with Gasteiger partial charge in [-0.25, -0.2) is 9.98 Å². The maximum Gasteiger partial charge on any atom is 0.283 e. The number of hydrogen-bond acceptors (Lipinski definition) is 10. The number of thiol groups is 1. The van der Waals surface area contributed by atoms with E-state index in [2.05, 4.69) is 27.6 Å². The van der Waals surface area contributed by atoms with Gasteiger partial charge in [0.1, 0.15) is 12.4 Å². The van der Waals surface area contributed by atoms with Gasteiger partial charge in [-0.05, 0) is 5.56 Å². The summed E-state index contributed by atoms with van der Waals surface area (Å²) >= 11 is 4.38. The lowest BCUT2D eigenvalue weighted by Gasteiger charge is -2.32. The zero-order valence-corrected chi connectivity index (χ0v) is 15.8. The molecule has 29 heavy (non-hydrogen) atoms. The monoisotopic (exact) mass is 419 g/mol. The van der Waals surface area contributed by atoms with Gasteiger partial charge in [0.25, 0.3) is 11.6 Å². The average Bonchev–Trinajstić information content (AvgIpc) is 3.21. The predicted octanol–water partition coefficient (Wildman–Crippen LogP) is -0.436. The molecule has 0 bridgehead atoms. The van der Waals surface area contributed by atoms with Gasteiger partial charge in [-0.3, -0.25) is 19.8 Å². The number of fused-ring (bicyclic) bond motifs is 1. The fraction of sp³-hybridized carbons (Fsp3) is 0.412. The van der Waals surface area contributed by atoms with Gasteiger partial charge >= 0.3 is 0 Å². The highest BCUT2D eigenvalue weighted by atomic mass is 32.1. The minimum atomic E-state index is -1.44. The number of aliphatic hydroxyl groups is 2. The van der Waals surface area contributed by atoms with Gasteiger partial charge in [-0.15, -0.1) is 0 Å². The maximum absolute atomic E-state index is 12.7. The van der Waals surface area contributed by atoms with Crippen LogP contribution in [0.1, 0.15) is 5.56 Å². The molecule has 2 N–H and O–H groups in total. The first kappa shape index (κ1) is 19.6. The summed E-state index contributed by atoms with van der Waals surface area (Å²) < 4.78 is 5.69. The molecular formula is C17H17N5O6S. The third-order valence-corrected chi connectivity index (χ3v) is 5.68. The Morgan fingerprint density at radius 3 is 2.69 bits per heavy atom. The van der Waals surface area contributed by atoms with Crippen molar-refractivity contribution < 1.29 is 24.7 Å². The van der Waals surface area contributed by atoms with Gasteiger partial charge in [0.15, 0.2) is 12.1 Å². The van der Waals surface area contributed by atoms with E-state index in [1.54, 1.807) is 12.1 Å². The summed E-state index contributed by atoms with van der Waals surface area (Å²) in [6.07, 6.45) is -0.0456. The Morgan fingerprint density at radius 2 is 2.07 bits per heavy atom. The van der Waals surface area contributed by atoms with Crippen LogP contribution < -0.4 is 0 Å². The molecule has 3 aliphatic rings. The van der Waals surface area contributed by atoms with E-state index in [-0.39, 0.29) is 24.6 Å². The molecule has 1 aromatic rings. The number of ether oxygens (including phenoxy) is 1. The first-order chi connectivity index (χ1) is 13.9. The van der Waals surface area contributed by atoms with Crippen molar-refractivity contribution in [2.24, 2.45) is 15.0 Å². The summed E-state index contributed by atoms with van der Waals surface area (Å²) in [4.78, 5) is 37.0. The first-order valence-corrected chi connectivity index (χ1v) is 9.24. The van der Waals surface area contributed by atoms with Crippen molar-refractivity contribution in [3.05, 3.63) is 39.9 Å². The lowest BCUT2D eigenvalue weighted by atomic mass is 9.88. The van der Waals surface area contributed by atoms with Crippen LogP contribution in [0.15, 0.2) is 39.2 Å². The van der Waals surface area contributed by atoms with Crippen molar-refractivity contribution in [3.63, 3.8) is 0 Å². The fourth-order valence-electron chi connectivity index (χ4n) is 3.58. The maximum atomic E-state index is 12.7. The lowest BCUT2D eigenvalue weighted by Crippen LogP contribution is -2.54. The van der Waals surface area contributed by atoms with Gasteiger partial charge in [-0.1, -0.05) is 12.1 Å². The van der Waals surface area contributed by atoms with E-state index in [1.165, 1.54) is 23.4 Å². The number of hydrogen-bond donors (Lipinski definition) is 3. The summed E-state index contributed by atoms with van der Waals surface area (Å²) in [6.45, 7) is -0.388. The van der Waals surface area contributed by atoms with E-state index in [1.807, 2.05) is 0 Å². The summed E-state index contributed by atoms with van der Waals surface area (Å²) in [5, 5.41) is 29.7. The standard InChI is InChI=1S/C17H17N5O6S/c23-6-11-12(24)13(29)14(28-11)21-8-20-17(15(21)18-7-19-16(17)25)5-9-1-3-10(4-2-9)22(26)27/h1-4,7-8,11-14,23-24,29H,5-6H2/t11-,12-,13-,14-,17?/m1/s1. The van der Waals surface area contributed by atoms with Crippen molar-refractivity contribution in [1.29, 1.82) is 0 Å². The molecule has 3 aliphatic heterocycles. The van der Waals surface area contributed by atoms with Crippen LogP contribution in [0.25, 0.3) is 0 Å². The highest BCUT2D eigenvalue weighted by Crippen LogP contribution is 2.35. The molecule has 3 heterocycles. The topological polar surface area (TPSA) is 150 Å². The number of amides is 1. The Bertz CT molecular complexity index is 935. The van der Waals surface area contributed by atoms with Crippen molar-refractivity contribution in [2.45, 2.75) is 35.6 Å². The second kappa shape index (κ2) is 7.30. The van der Waals surface area contributed by atoms with Crippen molar-refractivity contribution in [3.8, 4) is 0 Å². The molecule has 12 heteroatoms. The second-order valence-electron chi connectivity index (χ2n) is 6.84. The number of nitrogens with zero attached hydrogens (tertiary/aromatic N) is 5. The molecule has 11 nitrogen and oxygen atoms in total. The molecule has 1 aromatic carbocycles. The molecule has 0 aliphatic carbocycles. The zero-order valence-electron chi connectivity index (χ0n) is 14.9. The molecule has 5 atom stereocenters. The number of aliphatic hydroxyl groups excluding tert-OH is 2. The number of carbonyl (C=O) groups excluding carboxylic acids is 1. The van der Waals surface area contributed by atoms with Gasteiger partial charge in [0.05, 0.1) is 29.2 Å². The molecule has 152 valence electrons. The number of nitro groups is 1. The highest BCUT2D eigenvalue weighted by Gasteiger charge is 2.55. The van der Waals surface area contributed by atoms with E-state index >= 15 is 0 Å². The number of carbonyl (C=O) groups is 1. The van der Waals surface area contributed by atoms with Crippen LogP contribution in [-0.2, 0) is 16.0 Å². The molecule has 0 spiro atoms. The Morgan fingerprint density at radius 1 is 1.34 bits per heavy atom. The van der Waals surface area contributed by atoms with E-state index in [4.69, 9.17) is 4.74 Å². The molecule has 0 saturated carbocycles. The van der Waals surface area contributed by atoms with Gasteiger partial charge in [0, 0.05) is 18.6 Å². The Kier molecular flexibility index (Phi) is 4.94. The van der Waals surface area contributed by atoms with Crippen LogP contribution in [0.2, 0.25) is 0 Å². The normalized spacial score (nSPS) is 33.1. The van der Waals surface area contributed by atoms with E-state index in [0.29, 0.717) is 5.56 Å². The quantitative estimate of drug-likeness (QED) is 0.333. The third-order valence-electron chi connectivity index (χ3n) is 5.12. The largest absolute Gasteiger partial charge is 0.394 e. The van der Waals surface area contributed by atoms with Gasteiger partial charge < -0.3 is 14.9 Å². The SMILES string of the molecule is O=C1N=CN=C2N([C@@H]3O[C@H](CO)[C@@H](O)[C@H]3S)C=NC12Cc1ccc([N+](=O)[O-])cc1. The Balaban J connectivity index is 1.64. The van der Waals surface area contributed by atoms with E-state index in [9.17, 15) is 25.1 Å². The first-order valence-electron chi connectivity index (χ1n) is 8.72. The van der Waals surface area contributed by atoms with E-state index in [0.717, 1.165) is 6.34 Å². The summed E-state index contributed by atoms with van der Waals surface area (Å²) in [5.41, 5.74) is -0.869. The summed E-state index contributed by atoms with van der Waals surface area (Å²) in [5.74, 6) is -0.279. The van der Waals surface area contributed by atoms with Crippen molar-refractivity contribution >= 4 is 42.7 Å². The van der Waals surface area contributed by atoms with Crippen LogP contribution >= 0.6 is 12.6 Å². The molecule has 0 radical (unpaired) electrons. The Labute approximate surface area is 170 Å². The predicted molar refractivity (Wildman–Crippen MR) is 105 cm³/mol. The Hall–Kier alpha value is -2.67. The molecule has 1 fully saturated rings. The minimum Gasteiger partial charge on any atom is -0.394 e. The highest BCUT2D eigenvalue weighted by molar-refractivity contribution is 7.81. The van der Waals surface area contributed by atoms with Crippen LogP contribution in [0, 0.1) is 10.1 Å². The molecule has 4 rings (SSSR count). The zero-order chi connectivity index (χ0) is 20.8. The number of benzene rings is 1. The molecule has 1 saturated heterocycles. The van der Waals surface area contributed by atoms with Crippen molar-refractivity contribution in [1.82, 2.24) is 4.90 Å². The summed E-state index contributed by atoms with van der Waals surface area (Å²) in [6, 6.07) is 5.80. The number of nitro benzene ring substituents is 1. The molecule has 1 unspecified atom stereocenters. The lowest BCUT2D eigenvalue weighted by molar-refractivity contribution is -0.384. The average molecular weight is 419 g/mol. The van der Waals surface area contributed by atoms with Crippen molar-refractivity contribution in [2.75, 3.05) is 6.61 Å². The van der Waals surface area contributed by atoms with Crippen LogP contribution in [-0.4, -0.2) is 80.3 Å². The summed E-state index contributed by atoms with van der Waals surface area (Å²) in [7, 11) is 0.